The fourth-order valence-corrected chi connectivity index (χ4v) is 3.15. The average molecular weight is 322 g/mol. The Morgan fingerprint density at radius 1 is 1.24 bits per heavy atom. The van der Waals surface area contributed by atoms with Gasteiger partial charge >= 0.3 is 0 Å². The summed E-state index contributed by atoms with van der Waals surface area (Å²) in [4.78, 5) is 4.10. The first kappa shape index (κ1) is 15.3. The number of anilines is 1. The second-order valence-corrected chi connectivity index (χ2v) is 6.62. The number of benzene rings is 1. The number of nitrogens with one attached hydrogen (secondary N) is 1. The number of pyridine rings is 1. The molecule has 108 valence electrons. The van der Waals surface area contributed by atoms with Gasteiger partial charge in [0.25, 0.3) is 10.0 Å². The summed E-state index contributed by atoms with van der Waals surface area (Å²) in [6, 6.07) is 9.29. The molecular weight excluding hydrogens is 310 g/mol. The minimum Gasteiger partial charge on any atom is -0.263 e. The van der Waals surface area contributed by atoms with Gasteiger partial charge in [0.15, 0.2) is 0 Å². The summed E-state index contributed by atoms with van der Waals surface area (Å²) in [6.07, 6.45) is 0. The summed E-state index contributed by atoms with van der Waals surface area (Å²) < 4.78 is 27.0. The fourth-order valence-electron chi connectivity index (χ4n) is 1.84. The summed E-state index contributed by atoms with van der Waals surface area (Å²) >= 11 is 5.86. The van der Waals surface area contributed by atoms with Crippen molar-refractivity contribution in [1.82, 2.24) is 4.98 Å². The highest BCUT2D eigenvalue weighted by atomic mass is 35.5. The lowest BCUT2D eigenvalue weighted by Gasteiger charge is -2.09. The van der Waals surface area contributed by atoms with E-state index in [-0.39, 0.29) is 21.3 Å². The number of sulfonamides is 1. The summed E-state index contributed by atoms with van der Waals surface area (Å²) in [5.41, 5.74) is 1.84. The molecule has 1 heterocycles. The van der Waals surface area contributed by atoms with Gasteiger partial charge in [-0.05, 0) is 49.7 Å². The monoisotopic (exact) mass is 321 g/mol. The molecule has 0 amide bonds. The first-order chi connectivity index (χ1) is 9.81. The molecule has 2 rings (SSSR count). The van der Waals surface area contributed by atoms with Gasteiger partial charge in [0.1, 0.15) is 11.9 Å². The van der Waals surface area contributed by atoms with Gasteiger partial charge in [-0.15, -0.1) is 0 Å². The van der Waals surface area contributed by atoms with Gasteiger partial charge in [-0.25, -0.2) is 13.4 Å². The fraction of sp³-hybridized carbons (Fsp3) is 0.143. The Hall–Kier alpha value is -2.10. The predicted octanol–water partition coefficient (Wildman–Crippen LogP) is 3.02. The lowest BCUT2D eigenvalue weighted by molar-refractivity contribution is 0.601. The normalized spacial score (nSPS) is 11.0. The molecule has 0 saturated carbocycles. The van der Waals surface area contributed by atoms with Crippen molar-refractivity contribution in [2.24, 2.45) is 0 Å². The van der Waals surface area contributed by atoms with E-state index in [1.807, 2.05) is 19.1 Å². The maximum Gasteiger partial charge on any atom is 0.263 e. The van der Waals surface area contributed by atoms with Crippen LogP contribution in [0.5, 0.6) is 0 Å². The van der Waals surface area contributed by atoms with Crippen LogP contribution in [0.1, 0.15) is 16.8 Å². The second-order valence-electron chi connectivity index (χ2n) is 4.53. The number of nitrogens with zero attached hydrogens (tertiary/aromatic N) is 2. The molecule has 0 spiro atoms. The molecule has 5 nitrogen and oxygen atoms in total. The summed E-state index contributed by atoms with van der Waals surface area (Å²) in [6.45, 7) is 3.63. The molecule has 21 heavy (non-hydrogen) atoms. The Labute approximate surface area is 128 Å². The predicted molar refractivity (Wildman–Crippen MR) is 80.7 cm³/mol. The first-order valence-electron chi connectivity index (χ1n) is 5.99. The molecule has 2 aromatic rings. The van der Waals surface area contributed by atoms with Crippen LogP contribution in [0.3, 0.4) is 0 Å². The Balaban J connectivity index is 2.39. The molecule has 0 atom stereocenters. The van der Waals surface area contributed by atoms with E-state index in [0.717, 1.165) is 5.56 Å². The van der Waals surface area contributed by atoms with Crippen LogP contribution in [0, 0.1) is 25.2 Å². The third-order valence-corrected chi connectivity index (χ3v) is 4.37. The average Bonchev–Trinajstić information content (AvgIpc) is 2.36. The van der Waals surface area contributed by atoms with E-state index < -0.39 is 10.0 Å². The number of aryl methyl sites for hydroxylation is 2. The zero-order valence-electron chi connectivity index (χ0n) is 11.4. The highest BCUT2D eigenvalue weighted by Crippen LogP contribution is 2.22. The minimum absolute atomic E-state index is 0.0209. The maximum absolute atomic E-state index is 12.3. The van der Waals surface area contributed by atoms with Gasteiger partial charge in [-0.1, -0.05) is 11.6 Å². The molecule has 0 bridgehead atoms. The highest BCUT2D eigenvalue weighted by molar-refractivity contribution is 7.92. The van der Waals surface area contributed by atoms with Crippen LogP contribution in [0.4, 0.5) is 5.82 Å². The Morgan fingerprint density at radius 3 is 2.52 bits per heavy atom. The number of hydrogen-bond donors (Lipinski definition) is 1. The molecule has 1 aromatic carbocycles. The van der Waals surface area contributed by atoms with Crippen molar-refractivity contribution >= 4 is 27.4 Å². The van der Waals surface area contributed by atoms with Gasteiger partial charge in [0.05, 0.1) is 15.5 Å². The molecule has 0 unspecified atom stereocenters. The van der Waals surface area contributed by atoms with E-state index in [2.05, 4.69) is 9.71 Å². The van der Waals surface area contributed by atoms with Gasteiger partial charge in [-0.3, -0.25) is 4.72 Å². The molecule has 1 N–H and O–H groups in total. The van der Waals surface area contributed by atoms with Crippen LogP contribution in [-0.2, 0) is 10.0 Å². The van der Waals surface area contributed by atoms with Crippen LogP contribution in [-0.4, -0.2) is 13.4 Å². The Kier molecular flexibility index (Phi) is 4.16. The molecule has 0 aliphatic carbocycles. The molecule has 0 radical (unpaired) electrons. The largest absolute Gasteiger partial charge is 0.263 e. The third kappa shape index (κ3) is 3.51. The number of halogens is 1. The lowest BCUT2D eigenvalue weighted by atomic mass is 10.2. The molecule has 0 aliphatic rings. The van der Waals surface area contributed by atoms with Crippen molar-refractivity contribution in [3.63, 3.8) is 0 Å². The summed E-state index contributed by atoms with van der Waals surface area (Å²) in [7, 11) is -3.80. The zero-order valence-corrected chi connectivity index (χ0v) is 13.0. The maximum atomic E-state index is 12.3. The van der Waals surface area contributed by atoms with Crippen molar-refractivity contribution in [3.8, 4) is 6.07 Å². The first-order valence-corrected chi connectivity index (χ1v) is 7.86. The number of hydrogen-bond acceptors (Lipinski definition) is 4. The standard InChI is InChI=1S/C14H12ClN3O2S/c1-9-5-10(2)17-14(6-9)18-21(19,20)12-4-3-11(8-16)13(15)7-12/h3-7H,1-2H3,(H,17,18). The summed E-state index contributed by atoms with van der Waals surface area (Å²) in [5, 5.41) is 8.89. The van der Waals surface area contributed by atoms with Crippen LogP contribution in [0.2, 0.25) is 5.02 Å². The number of rotatable bonds is 3. The van der Waals surface area contributed by atoms with Crippen molar-refractivity contribution in [2.75, 3.05) is 4.72 Å². The number of aromatic nitrogens is 1. The quantitative estimate of drug-likeness (QED) is 0.941. The minimum atomic E-state index is -3.80. The van der Waals surface area contributed by atoms with Crippen LogP contribution in [0.25, 0.3) is 0 Å². The molecule has 1 aromatic heterocycles. The van der Waals surface area contributed by atoms with E-state index in [1.165, 1.54) is 18.2 Å². The van der Waals surface area contributed by atoms with Crippen LogP contribution < -0.4 is 4.72 Å². The Bertz CT molecular complexity index is 822. The molecular formula is C14H12ClN3O2S. The van der Waals surface area contributed by atoms with Gasteiger partial charge in [0, 0.05) is 5.69 Å². The number of nitriles is 1. The van der Waals surface area contributed by atoms with E-state index in [4.69, 9.17) is 16.9 Å². The van der Waals surface area contributed by atoms with Crippen molar-refractivity contribution < 1.29 is 8.42 Å². The van der Waals surface area contributed by atoms with Gasteiger partial charge < -0.3 is 0 Å². The molecule has 0 fully saturated rings. The Morgan fingerprint density at radius 2 is 1.95 bits per heavy atom. The topological polar surface area (TPSA) is 82.8 Å². The van der Waals surface area contributed by atoms with E-state index in [0.29, 0.717) is 5.69 Å². The van der Waals surface area contributed by atoms with Gasteiger partial charge in [-0.2, -0.15) is 5.26 Å². The van der Waals surface area contributed by atoms with E-state index in [1.54, 1.807) is 13.0 Å². The van der Waals surface area contributed by atoms with Gasteiger partial charge in [0.2, 0.25) is 0 Å². The molecule has 7 heteroatoms. The third-order valence-electron chi connectivity index (χ3n) is 2.71. The smallest absolute Gasteiger partial charge is 0.263 e. The van der Waals surface area contributed by atoms with E-state index >= 15 is 0 Å². The second kappa shape index (κ2) is 5.72. The highest BCUT2D eigenvalue weighted by Gasteiger charge is 2.16. The van der Waals surface area contributed by atoms with Crippen molar-refractivity contribution in [2.45, 2.75) is 18.7 Å². The van der Waals surface area contributed by atoms with Crippen LogP contribution in [0.15, 0.2) is 35.2 Å². The zero-order chi connectivity index (χ0) is 15.6. The van der Waals surface area contributed by atoms with Crippen molar-refractivity contribution in [3.05, 3.63) is 52.2 Å². The molecule has 0 aliphatic heterocycles. The summed E-state index contributed by atoms with van der Waals surface area (Å²) in [5.74, 6) is 0.244. The SMILES string of the molecule is Cc1cc(C)nc(NS(=O)(=O)c2ccc(C#N)c(Cl)c2)c1. The lowest BCUT2D eigenvalue weighted by Crippen LogP contribution is -2.14. The molecule has 0 saturated heterocycles. The van der Waals surface area contributed by atoms with Crippen LogP contribution >= 0.6 is 11.6 Å². The van der Waals surface area contributed by atoms with Crippen molar-refractivity contribution in [1.29, 1.82) is 5.26 Å². The van der Waals surface area contributed by atoms with E-state index in [9.17, 15) is 8.42 Å².